The van der Waals surface area contributed by atoms with E-state index in [1.165, 1.54) is 17.0 Å². The van der Waals surface area contributed by atoms with E-state index >= 15 is 0 Å². The maximum atomic E-state index is 13.2. The minimum absolute atomic E-state index is 0.0465. The van der Waals surface area contributed by atoms with Crippen LogP contribution in [0.2, 0.25) is 0 Å². The first kappa shape index (κ1) is 24.7. The van der Waals surface area contributed by atoms with E-state index in [0.29, 0.717) is 31.1 Å². The molecule has 1 fully saturated rings. The van der Waals surface area contributed by atoms with Crippen LogP contribution in [0.25, 0.3) is 0 Å². The molecule has 0 N–H and O–H groups in total. The van der Waals surface area contributed by atoms with Crippen LogP contribution in [-0.2, 0) is 37.2 Å². The SMILES string of the molecule is CCN(CC(=O)N1CCN(S(=O)(=O)c2ccc3c(c2)CCCC3)CC1)CC(C)C(=O)OC. The number of nitrogens with zero attached hydrogens (tertiary/aromatic N) is 3. The van der Waals surface area contributed by atoms with Gasteiger partial charge in [0.2, 0.25) is 15.9 Å². The highest BCUT2D eigenvalue weighted by Crippen LogP contribution is 2.26. The molecule has 0 aromatic heterocycles. The van der Waals surface area contributed by atoms with Crippen molar-refractivity contribution >= 4 is 21.9 Å². The summed E-state index contributed by atoms with van der Waals surface area (Å²) in [6.07, 6.45) is 4.21. The summed E-state index contributed by atoms with van der Waals surface area (Å²) in [6.45, 7) is 6.33. The number of ether oxygens (including phenoxy) is 1. The van der Waals surface area contributed by atoms with Crippen molar-refractivity contribution in [2.45, 2.75) is 44.4 Å². The third-order valence-electron chi connectivity index (χ3n) is 6.49. The first-order valence-corrected chi connectivity index (χ1v) is 12.9. The van der Waals surface area contributed by atoms with E-state index < -0.39 is 10.0 Å². The molecular weight excluding hydrogens is 430 g/mol. The van der Waals surface area contributed by atoms with E-state index in [4.69, 9.17) is 4.74 Å². The van der Waals surface area contributed by atoms with Crippen molar-refractivity contribution in [3.63, 3.8) is 0 Å². The van der Waals surface area contributed by atoms with E-state index in [2.05, 4.69) is 0 Å². The number of hydrogen-bond acceptors (Lipinski definition) is 6. The van der Waals surface area contributed by atoms with Gasteiger partial charge in [-0.25, -0.2) is 8.42 Å². The number of likely N-dealkylation sites (N-methyl/N-ethyl adjacent to an activating group) is 1. The van der Waals surface area contributed by atoms with Crippen LogP contribution in [0.1, 0.15) is 37.8 Å². The summed E-state index contributed by atoms with van der Waals surface area (Å²) >= 11 is 0. The predicted octanol–water partition coefficient (Wildman–Crippen LogP) is 1.53. The number of carbonyl (C=O) groups is 2. The highest BCUT2D eigenvalue weighted by Gasteiger charge is 2.31. The summed E-state index contributed by atoms with van der Waals surface area (Å²) in [5, 5.41) is 0. The van der Waals surface area contributed by atoms with Crippen LogP contribution in [-0.4, -0.2) is 87.3 Å². The number of amides is 1. The van der Waals surface area contributed by atoms with Gasteiger partial charge in [-0.05, 0) is 55.5 Å². The molecule has 1 aromatic rings. The number of hydrogen-bond donors (Lipinski definition) is 0. The van der Waals surface area contributed by atoms with Crippen molar-refractivity contribution < 1.29 is 22.7 Å². The van der Waals surface area contributed by atoms with Gasteiger partial charge >= 0.3 is 5.97 Å². The Balaban J connectivity index is 1.57. The fourth-order valence-electron chi connectivity index (χ4n) is 4.46. The van der Waals surface area contributed by atoms with Gasteiger partial charge in [-0.2, -0.15) is 4.31 Å². The third-order valence-corrected chi connectivity index (χ3v) is 8.39. The molecule has 2 aliphatic rings. The summed E-state index contributed by atoms with van der Waals surface area (Å²) in [5.41, 5.74) is 2.40. The van der Waals surface area contributed by atoms with Crippen LogP contribution in [0.4, 0.5) is 0 Å². The molecule has 1 aliphatic heterocycles. The maximum Gasteiger partial charge on any atom is 0.309 e. The fraction of sp³-hybridized carbons (Fsp3) is 0.652. The molecule has 0 spiro atoms. The van der Waals surface area contributed by atoms with Crippen LogP contribution in [0.15, 0.2) is 23.1 Å². The van der Waals surface area contributed by atoms with Gasteiger partial charge in [0.05, 0.1) is 24.5 Å². The lowest BCUT2D eigenvalue weighted by Gasteiger charge is -2.35. The molecule has 1 amide bonds. The van der Waals surface area contributed by atoms with Gasteiger partial charge in [0.1, 0.15) is 0 Å². The van der Waals surface area contributed by atoms with E-state index in [9.17, 15) is 18.0 Å². The van der Waals surface area contributed by atoms with Crippen LogP contribution in [0.5, 0.6) is 0 Å². The zero-order chi connectivity index (χ0) is 23.3. The van der Waals surface area contributed by atoms with Gasteiger partial charge in [-0.1, -0.05) is 19.9 Å². The van der Waals surface area contributed by atoms with E-state index in [-0.39, 0.29) is 37.4 Å². The van der Waals surface area contributed by atoms with Gasteiger partial charge in [0.15, 0.2) is 0 Å². The lowest BCUT2D eigenvalue weighted by molar-refractivity contribution is -0.146. The second-order valence-electron chi connectivity index (χ2n) is 8.67. The Bertz CT molecular complexity index is 926. The second-order valence-corrected chi connectivity index (χ2v) is 10.6. The van der Waals surface area contributed by atoms with Crippen LogP contribution in [0, 0.1) is 5.92 Å². The van der Waals surface area contributed by atoms with Crippen LogP contribution < -0.4 is 0 Å². The topological polar surface area (TPSA) is 87.2 Å². The molecule has 0 saturated carbocycles. The van der Waals surface area contributed by atoms with Crippen LogP contribution in [0.3, 0.4) is 0 Å². The summed E-state index contributed by atoms with van der Waals surface area (Å²) in [4.78, 5) is 28.4. The zero-order valence-electron chi connectivity index (χ0n) is 19.4. The Morgan fingerprint density at radius 1 is 1.09 bits per heavy atom. The molecule has 1 heterocycles. The summed E-state index contributed by atoms with van der Waals surface area (Å²) in [6, 6.07) is 5.51. The van der Waals surface area contributed by atoms with Crippen molar-refractivity contribution in [1.82, 2.24) is 14.1 Å². The molecule has 0 bridgehead atoms. The standard InChI is InChI=1S/C23H35N3O5S/c1-4-24(16-18(2)23(28)31-3)17-22(27)25-11-13-26(14-12-25)32(29,30)21-10-9-19-7-5-6-8-20(19)15-21/h9-10,15,18H,4-8,11-14,16-17H2,1-3H3. The smallest absolute Gasteiger partial charge is 0.309 e. The predicted molar refractivity (Wildman–Crippen MR) is 122 cm³/mol. The Labute approximate surface area is 191 Å². The monoisotopic (exact) mass is 465 g/mol. The molecule has 1 saturated heterocycles. The van der Waals surface area contributed by atoms with Gasteiger partial charge in [-0.3, -0.25) is 14.5 Å². The van der Waals surface area contributed by atoms with Crippen molar-refractivity contribution in [2.24, 2.45) is 5.92 Å². The zero-order valence-corrected chi connectivity index (χ0v) is 20.2. The van der Waals surface area contributed by atoms with Gasteiger partial charge in [0, 0.05) is 32.7 Å². The normalized spacial score (nSPS) is 18.3. The number of esters is 1. The Hall–Kier alpha value is -1.97. The number of piperazine rings is 1. The van der Waals surface area contributed by atoms with Gasteiger partial charge < -0.3 is 9.64 Å². The molecule has 1 unspecified atom stereocenters. The first-order valence-electron chi connectivity index (χ1n) is 11.5. The number of methoxy groups -OCH3 is 1. The van der Waals surface area contributed by atoms with Crippen molar-refractivity contribution in [1.29, 1.82) is 0 Å². The minimum Gasteiger partial charge on any atom is -0.469 e. The number of sulfonamides is 1. The second kappa shape index (κ2) is 10.8. The fourth-order valence-corrected chi connectivity index (χ4v) is 5.93. The largest absolute Gasteiger partial charge is 0.469 e. The Morgan fingerprint density at radius 2 is 1.75 bits per heavy atom. The Morgan fingerprint density at radius 3 is 2.38 bits per heavy atom. The number of carbonyl (C=O) groups excluding carboxylic acids is 2. The van der Waals surface area contributed by atoms with Crippen molar-refractivity contribution in [3.05, 3.63) is 29.3 Å². The molecule has 9 heteroatoms. The summed E-state index contributed by atoms with van der Waals surface area (Å²) < 4.78 is 32.6. The summed E-state index contributed by atoms with van der Waals surface area (Å²) in [5.74, 6) is -0.655. The minimum atomic E-state index is -3.57. The van der Waals surface area contributed by atoms with Crippen LogP contribution >= 0.6 is 0 Å². The van der Waals surface area contributed by atoms with Gasteiger partial charge in [-0.15, -0.1) is 0 Å². The molecule has 1 aliphatic carbocycles. The molecule has 0 radical (unpaired) electrons. The Kier molecular flexibility index (Phi) is 8.30. The molecule has 178 valence electrons. The number of benzene rings is 1. The highest BCUT2D eigenvalue weighted by molar-refractivity contribution is 7.89. The average Bonchev–Trinajstić information content (AvgIpc) is 2.82. The maximum absolute atomic E-state index is 13.2. The molecular formula is C23H35N3O5S. The quantitative estimate of drug-likeness (QED) is 0.541. The molecule has 3 rings (SSSR count). The lowest BCUT2D eigenvalue weighted by atomic mass is 9.92. The van der Waals surface area contributed by atoms with E-state index in [0.717, 1.165) is 31.2 Å². The number of rotatable bonds is 8. The first-order chi connectivity index (χ1) is 15.3. The molecule has 32 heavy (non-hydrogen) atoms. The van der Waals surface area contributed by atoms with Gasteiger partial charge in [0.25, 0.3) is 0 Å². The number of aryl methyl sites for hydroxylation is 2. The van der Waals surface area contributed by atoms with Crippen molar-refractivity contribution in [3.8, 4) is 0 Å². The molecule has 8 nitrogen and oxygen atoms in total. The summed E-state index contributed by atoms with van der Waals surface area (Å²) in [7, 11) is -2.21. The number of fused-ring (bicyclic) bond motifs is 1. The molecule has 1 aromatic carbocycles. The average molecular weight is 466 g/mol. The van der Waals surface area contributed by atoms with Crippen molar-refractivity contribution in [2.75, 3.05) is 52.9 Å². The molecule has 1 atom stereocenters. The van der Waals surface area contributed by atoms with E-state index in [1.807, 2.05) is 24.0 Å². The lowest BCUT2D eigenvalue weighted by Crippen LogP contribution is -2.52. The third kappa shape index (κ3) is 5.68. The van der Waals surface area contributed by atoms with E-state index in [1.54, 1.807) is 17.9 Å². The highest BCUT2D eigenvalue weighted by atomic mass is 32.2.